The van der Waals surface area contributed by atoms with Gasteiger partial charge in [0.15, 0.2) is 9.84 Å². The second kappa shape index (κ2) is 4.37. The summed E-state index contributed by atoms with van der Waals surface area (Å²) in [6, 6.07) is 6.12. The third-order valence-electron chi connectivity index (χ3n) is 2.48. The molecule has 0 spiro atoms. The number of carbonyl (C=O) groups excluding carboxylic acids is 1. The molecular weight excluding hydrogens is 240 g/mol. The Morgan fingerprint density at radius 3 is 2.71 bits per heavy atom. The van der Waals surface area contributed by atoms with Crippen LogP contribution in [0.3, 0.4) is 0 Å². The summed E-state index contributed by atoms with van der Waals surface area (Å²) in [5.41, 5.74) is 5.88. The Kier molecular flexibility index (Phi) is 3.06. The predicted octanol–water partition coefficient (Wildman–Crippen LogP) is 0.321. The zero-order valence-corrected chi connectivity index (χ0v) is 10.0. The summed E-state index contributed by atoms with van der Waals surface area (Å²) in [5, 5.41) is 2.64. The minimum Gasteiger partial charge on any atom is -0.399 e. The lowest BCUT2D eigenvalue weighted by atomic mass is 10.3. The molecule has 3 N–H and O–H groups in total. The Bertz CT molecular complexity index is 535. The van der Waals surface area contributed by atoms with Gasteiger partial charge in [-0.15, -0.1) is 0 Å². The molecule has 17 heavy (non-hydrogen) atoms. The fraction of sp³-hybridized carbons (Fsp3) is 0.364. The maximum Gasteiger partial charge on any atom is 0.235 e. The number of nitrogen functional groups attached to an aromatic ring is 1. The molecule has 1 aromatic carbocycles. The summed E-state index contributed by atoms with van der Waals surface area (Å²) in [6.07, 6.45) is 1.87. The lowest BCUT2D eigenvalue weighted by molar-refractivity contribution is -0.118. The highest BCUT2D eigenvalue weighted by atomic mass is 32.2. The molecule has 1 saturated carbocycles. The number of benzene rings is 1. The lowest BCUT2D eigenvalue weighted by Crippen LogP contribution is -2.31. The number of amides is 1. The van der Waals surface area contributed by atoms with Crippen LogP contribution in [0.15, 0.2) is 29.2 Å². The van der Waals surface area contributed by atoms with E-state index in [0.717, 1.165) is 12.8 Å². The van der Waals surface area contributed by atoms with Gasteiger partial charge in [0.05, 0.1) is 4.90 Å². The first-order chi connectivity index (χ1) is 7.97. The number of hydrogen-bond donors (Lipinski definition) is 2. The summed E-state index contributed by atoms with van der Waals surface area (Å²) >= 11 is 0. The summed E-state index contributed by atoms with van der Waals surface area (Å²) in [4.78, 5) is 11.5. The second-order valence-electron chi connectivity index (χ2n) is 4.17. The largest absolute Gasteiger partial charge is 0.399 e. The molecule has 0 aliphatic heterocycles. The standard InChI is InChI=1S/C11H14N2O3S/c12-8-2-1-3-10(6-8)17(15,16)7-11(14)13-9-4-5-9/h1-3,6,9H,4-5,7,12H2,(H,13,14). The zero-order valence-electron chi connectivity index (χ0n) is 9.22. The first-order valence-corrected chi connectivity index (χ1v) is 7.00. The maximum absolute atomic E-state index is 11.9. The Morgan fingerprint density at radius 1 is 1.41 bits per heavy atom. The fourth-order valence-corrected chi connectivity index (χ4v) is 2.66. The van der Waals surface area contributed by atoms with Crippen LogP contribution < -0.4 is 11.1 Å². The van der Waals surface area contributed by atoms with Crippen molar-refractivity contribution in [2.75, 3.05) is 11.5 Å². The van der Waals surface area contributed by atoms with Crippen molar-refractivity contribution in [3.8, 4) is 0 Å². The first-order valence-electron chi connectivity index (χ1n) is 5.35. The molecule has 0 saturated heterocycles. The molecular formula is C11H14N2O3S. The molecule has 1 aromatic rings. The fourth-order valence-electron chi connectivity index (χ4n) is 1.46. The van der Waals surface area contributed by atoms with Crippen molar-refractivity contribution in [3.63, 3.8) is 0 Å². The van der Waals surface area contributed by atoms with Gasteiger partial charge in [0.25, 0.3) is 0 Å². The number of nitrogens with one attached hydrogen (secondary N) is 1. The minimum atomic E-state index is -3.59. The van der Waals surface area contributed by atoms with Gasteiger partial charge in [-0.2, -0.15) is 0 Å². The van der Waals surface area contributed by atoms with Crippen LogP contribution in [0.1, 0.15) is 12.8 Å². The first kappa shape index (κ1) is 11.9. The number of nitrogens with two attached hydrogens (primary N) is 1. The second-order valence-corrected chi connectivity index (χ2v) is 6.16. The van der Waals surface area contributed by atoms with Crippen LogP contribution in [0.25, 0.3) is 0 Å². The van der Waals surface area contributed by atoms with Gasteiger partial charge in [-0.1, -0.05) is 6.07 Å². The average molecular weight is 254 g/mol. The lowest BCUT2D eigenvalue weighted by Gasteiger charge is -2.05. The molecule has 6 heteroatoms. The smallest absolute Gasteiger partial charge is 0.235 e. The monoisotopic (exact) mass is 254 g/mol. The van der Waals surface area contributed by atoms with Gasteiger partial charge in [0.1, 0.15) is 5.75 Å². The Labute approximate surface area is 99.9 Å². The molecule has 1 aliphatic carbocycles. The highest BCUT2D eigenvalue weighted by Crippen LogP contribution is 2.19. The van der Waals surface area contributed by atoms with E-state index in [2.05, 4.69) is 5.32 Å². The number of anilines is 1. The molecule has 0 aromatic heterocycles. The molecule has 1 aliphatic rings. The zero-order chi connectivity index (χ0) is 12.5. The number of sulfone groups is 1. The topological polar surface area (TPSA) is 89.3 Å². The van der Waals surface area contributed by atoms with Gasteiger partial charge >= 0.3 is 0 Å². The minimum absolute atomic E-state index is 0.0865. The summed E-state index contributed by atoms with van der Waals surface area (Å²) in [6.45, 7) is 0. The maximum atomic E-state index is 11.9. The third-order valence-corrected chi connectivity index (χ3v) is 4.10. The summed E-state index contributed by atoms with van der Waals surface area (Å²) < 4.78 is 23.8. The van der Waals surface area contributed by atoms with E-state index in [1.165, 1.54) is 12.1 Å². The van der Waals surface area contributed by atoms with Crippen molar-refractivity contribution in [1.82, 2.24) is 5.32 Å². The Hall–Kier alpha value is -1.56. The van der Waals surface area contributed by atoms with E-state index >= 15 is 0 Å². The van der Waals surface area contributed by atoms with Gasteiger partial charge < -0.3 is 11.1 Å². The van der Waals surface area contributed by atoms with E-state index in [0.29, 0.717) is 5.69 Å². The van der Waals surface area contributed by atoms with Gasteiger partial charge in [-0.25, -0.2) is 8.42 Å². The van der Waals surface area contributed by atoms with Crippen molar-refractivity contribution < 1.29 is 13.2 Å². The Balaban J connectivity index is 2.09. The van der Waals surface area contributed by atoms with Gasteiger partial charge in [0.2, 0.25) is 5.91 Å². The van der Waals surface area contributed by atoms with Crippen molar-refractivity contribution in [3.05, 3.63) is 24.3 Å². The highest BCUT2D eigenvalue weighted by Gasteiger charge is 2.26. The van der Waals surface area contributed by atoms with E-state index in [1.54, 1.807) is 12.1 Å². The van der Waals surface area contributed by atoms with Crippen LogP contribution >= 0.6 is 0 Å². The van der Waals surface area contributed by atoms with E-state index in [1.807, 2.05) is 0 Å². The van der Waals surface area contributed by atoms with E-state index in [4.69, 9.17) is 5.73 Å². The normalized spacial score (nSPS) is 15.5. The van der Waals surface area contributed by atoms with Gasteiger partial charge in [0, 0.05) is 11.7 Å². The van der Waals surface area contributed by atoms with E-state index < -0.39 is 21.5 Å². The van der Waals surface area contributed by atoms with Gasteiger partial charge in [-0.05, 0) is 31.0 Å². The molecule has 1 amide bonds. The van der Waals surface area contributed by atoms with Crippen molar-refractivity contribution in [2.45, 2.75) is 23.8 Å². The van der Waals surface area contributed by atoms with Crippen LogP contribution in [0, 0.1) is 0 Å². The van der Waals surface area contributed by atoms with E-state index in [9.17, 15) is 13.2 Å². The van der Waals surface area contributed by atoms with Crippen LogP contribution in [0.5, 0.6) is 0 Å². The van der Waals surface area contributed by atoms with Crippen LogP contribution in [0.2, 0.25) is 0 Å². The number of rotatable bonds is 4. The van der Waals surface area contributed by atoms with Crippen LogP contribution in [-0.4, -0.2) is 26.1 Å². The van der Waals surface area contributed by atoms with Crippen LogP contribution in [-0.2, 0) is 14.6 Å². The number of hydrogen-bond acceptors (Lipinski definition) is 4. The molecule has 0 bridgehead atoms. The molecule has 0 unspecified atom stereocenters. The van der Waals surface area contributed by atoms with Crippen LogP contribution in [0.4, 0.5) is 5.69 Å². The molecule has 0 heterocycles. The summed E-state index contributed by atoms with van der Waals surface area (Å²) in [5.74, 6) is -0.970. The van der Waals surface area contributed by atoms with Crippen molar-refractivity contribution >= 4 is 21.4 Å². The van der Waals surface area contributed by atoms with Gasteiger partial charge in [-0.3, -0.25) is 4.79 Å². The predicted molar refractivity (Wildman–Crippen MR) is 64.1 cm³/mol. The highest BCUT2D eigenvalue weighted by molar-refractivity contribution is 7.92. The molecule has 1 fully saturated rings. The third kappa shape index (κ3) is 3.20. The SMILES string of the molecule is Nc1cccc(S(=O)(=O)CC(=O)NC2CC2)c1. The molecule has 2 rings (SSSR count). The molecule has 92 valence electrons. The van der Waals surface area contributed by atoms with Crippen molar-refractivity contribution in [1.29, 1.82) is 0 Å². The number of carbonyl (C=O) groups is 1. The Morgan fingerprint density at radius 2 is 2.12 bits per heavy atom. The molecule has 0 atom stereocenters. The average Bonchev–Trinajstić information content (AvgIpc) is 3.00. The molecule has 5 nitrogen and oxygen atoms in total. The quantitative estimate of drug-likeness (QED) is 0.757. The van der Waals surface area contributed by atoms with Crippen molar-refractivity contribution in [2.24, 2.45) is 0 Å². The van der Waals surface area contributed by atoms with E-state index in [-0.39, 0.29) is 10.9 Å². The molecule has 0 radical (unpaired) electrons. The summed E-state index contributed by atoms with van der Waals surface area (Å²) in [7, 11) is -3.59.